The molecule has 3 rings (SSSR count). The van der Waals surface area contributed by atoms with Gasteiger partial charge in [0.05, 0.1) is 5.39 Å². The molecule has 0 aliphatic carbocycles. The molecule has 4 heteroatoms. The van der Waals surface area contributed by atoms with Crippen LogP contribution in [0, 0.1) is 13.8 Å². The highest BCUT2D eigenvalue weighted by molar-refractivity contribution is 5.92. The number of hydrogen-bond donors (Lipinski definition) is 2. The van der Waals surface area contributed by atoms with Crippen molar-refractivity contribution in [1.82, 2.24) is 15.0 Å². The average molecular weight is 268 g/mol. The molecule has 1 aromatic carbocycles. The molecule has 0 fully saturated rings. The van der Waals surface area contributed by atoms with E-state index in [4.69, 9.17) is 0 Å². The summed E-state index contributed by atoms with van der Waals surface area (Å²) in [6.45, 7) is 8.12. The number of anilines is 2. The van der Waals surface area contributed by atoms with E-state index in [-0.39, 0.29) is 0 Å². The Morgan fingerprint density at radius 2 is 1.70 bits per heavy atom. The van der Waals surface area contributed by atoms with Crippen molar-refractivity contribution < 1.29 is 0 Å². The summed E-state index contributed by atoms with van der Waals surface area (Å²) in [6.07, 6.45) is 1.57. The van der Waals surface area contributed by atoms with E-state index in [1.54, 1.807) is 6.33 Å². The third-order valence-corrected chi connectivity index (χ3v) is 3.13. The third-order valence-electron chi connectivity index (χ3n) is 3.13. The molecule has 2 N–H and O–H groups in total. The fraction of sp³-hybridized carbons (Fsp3) is 0.250. The van der Waals surface area contributed by atoms with Crippen molar-refractivity contribution >= 4 is 22.5 Å². The van der Waals surface area contributed by atoms with Gasteiger partial charge in [-0.15, -0.1) is 0 Å². The predicted molar refractivity (Wildman–Crippen MR) is 84.4 cm³/mol. The average Bonchev–Trinajstić information content (AvgIpc) is 2.78. The second-order valence-electron chi connectivity index (χ2n) is 4.31. The van der Waals surface area contributed by atoms with Gasteiger partial charge in [0.15, 0.2) is 0 Å². The van der Waals surface area contributed by atoms with Crippen LogP contribution in [0.1, 0.15) is 25.1 Å². The lowest BCUT2D eigenvalue weighted by Crippen LogP contribution is -1.95. The van der Waals surface area contributed by atoms with Gasteiger partial charge in [-0.3, -0.25) is 0 Å². The van der Waals surface area contributed by atoms with Crippen LogP contribution in [0.3, 0.4) is 0 Å². The molecule has 104 valence electrons. The molecule has 0 spiro atoms. The van der Waals surface area contributed by atoms with Crippen LogP contribution < -0.4 is 5.32 Å². The normalized spacial score (nSPS) is 10.0. The second-order valence-corrected chi connectivity index (χ2v) is 4.31. The lowest BCUT2D eigenvalue weighted by atomic mass is 10.2. The van der Waals surface area contributed by atoms with Crippen molar-refractivity contribution in [2.24, 2.45) is 0 Å². The van der Waals surface area contributed by atoms with Crippen molar-refractivity contribution in [3.05, 3.63) is 47.9 Å². The first-order valence-electron chi connectivity index (χ1n) is 6.87. The SMILES string of the molecule is CC.Cc1[nH]c2ncnc(Nc3ccccc3)c2c1C. The van der Waals surface area contributed by atoms with Gasteiger partial charge in [-0.25, -0.2) is 9.97 Å². The molecule has 0 atom stereocenters. The summed E-state index contributed by atoms with van der Waals surface area (Å²) in [5, 5.41) is 4.38. The summed E-state index contributed by atoms with van der Waals surface area (Å²) in [5.74, 6) is 0.841. The third kappa shape index (κ3) is 2.64. The second kappa shape index (κ2) is 6.19. The van der Waals surface area contributed by atoms with E-state index in [1.807, 2.05) is 51.1 Å². The molecule has 20 heavy (non-hydrogen) atoms. The molecule has 0 amide bonds. The van der Waals surface area contributed by atoms with Crippen LogP contribution in [0.5, 0.6) is 0 Å². The summed E-state index contributed by atoms with van der Waals surface area (Å²) in [7, 11) is 0. The number of aromatic nitrogens is 3. The predicted octanol–water partition coefficient (Wildman–Crippen LogP) is 4.34. The minimum absolute atomic E-state index is 0.841. The van der Waals surface area contributed by atoms with Gasteiger partial charge in [0.25, 0.3) is 0 Å². The zero-order valence-electron chi connectivity index (χ0n) is 12.4. The van der Waals surface area contributed by atoms with Crippen molar-refractivity contribution in [2.75, 3.05) is 5.32 Å². The van der Waals surface area contributed by atoms with Crippen LogP contribution in [0.15, 0.2) is 36.7 Å². The first kappa shape index (κ1) is 14.1. The molecule has 4 nitrogen and oxygen atoms in total. The number of benzene rings is 1. The monoisotopic (exact) mass is 268 g/mol. The minimum Gasteiger partial charge on any atom is -0.343 e. The van der Waals surface area contributed by atoms with E-state index in [2.05, 4.69) is 27.2 Å². The fourth-order valence-corrected chi connectivity index (χ4v) is 2.05. The summed E-state index contributed by atoms with van der Waals surface area (Å²) >= 11 is 0. The van der Waals surface area contributed by atoms with Gasteiger partial charge in [-0.2, -0.15) is 0 Å². The molecule has 2 heterocycles. The number of fused-ring (bicyclic) bond motifs is 1. The molecule has 0 bridgehead atoms. The van der Waals surface area contributed by atoms with Crippen LogP contribution in [0.25, 0.3) is 11.0 Å². The molecule has 3 aromatic rings. The summed E-state index contributed by atoms with van der Waals surface area (Å²) < 4.78 is 0. The van der Waals surface area contributed by atoms with Gasteiger partial charge in [0.2, 0.25) is 0 Å². The maximum atomic E-state index is 4.33. The van der Waals surface area contributed by atoms with E-state index >= 15 is 0 Å². The molecule has 0 radical (unpaired) electrons. The molecule has 0 unspecified atom stereocenters. The summed E-state index contributed by atoms with van der Waals surface area (Å²) in [5.41, 5.74) is 4.21. The molecular weight excluding hydrogens is 248 g/mol. The van der Waals surface area contributed by atoms with Crippen molar-refractivity contribution in [1.29, 1.82) is 0 Å². The molecule has 0 saturated heterocycles. The highest BCUT2D eigenvalue weighted by Crippen LogP contribution is 2.27. The Morgan fingerprint density at radius 1 is 1.00 bits per heavy atom. The first-order chi connectivity index (χ1) is 9.75. The number of rotatable bonds is 2. The zero-order valence-corrected chi connectivity index (χ0v) is 12.4. The Labute approximate surface area is 119 Å². The fourth-order valence-electron chi connectivity index (χ4n) is 2.05. The Hall–Kier alpha value is -2.36. The van der Waals surface area contributed by atoms with Crippen molar-refractivity contribution in [3.8, 4) is 0 Å². The number of hydrogen-bond acceptors (Lipinski definition) is 3. The zero-order chi connectivity index (χ0) is 14.5. The van der Waals surface area contributed by atoms with E-state index < -0.39 is 0 Å². The topological polar surface area (TPSA) is 53.6 Å². The summed E-state index contributed by atoms with van der Waals surface area (Å²) in [4.78, 5) is 11.9. The van der Waals surface area contributed by atoms with Gasteiger partial charge in [-0.1, -0.05) is 32.0 Å². The van der Waals surface area contributed by atoms with E-state index in [0.717, 1.165) is 28.2 Å². The van der Waals surface area contributed by atoms with E-state index in [0.29, 0.717) is 0 Å². The number of para-hydroxylation sites is 1. The maximum absolute atomic E-state index is 4.33. The quantitative estimate of drug-likeness (QED) is 0.726. The van der Waals surface area contributed by atoms with Crippen LogP contribution >= 0.6 is 0 Å². The molecule has 2 aromatic heterocycles. The first-order valence-corrected chi connectivity index (χ1v) is 6.87. The molecular formula is C16H20N4. The van der Waals surface area contributed by atoms with Crippen LogP contribution in [-0.4, -0.2) is 15.0 Å². The van der Waals surface area contributed by atoms with Crippen LogP contribution in [0.4, 0.5) is 11.5 Å². The number of H-pyrrole nitrogens is 1. The number of nitrogens with one attached hydrogen (secondary N) is 2. The number of aryl methyl sites for hydroxylation is 2. The standard InChI is InChI=1S/C14H14N4.C2H6/c1-9-10(2)17-13-12(9)14(16-8-15-13)18-11-6-4-3-5-7-11;1-2/h3-8H,1-2H3,(H2,15,16,17,18);1-2H3. The Morgan fingerprint density at radius 3 is 2.40 bits per heavy atom. The molecule has 0 saturated carbocycles. The van der Waals surface area contributed by atoms with Crippen molar-refractivity contribution in [3.63, 3.8) is 0 Å². The Kier molecular flexibility index (Phi) is 4.35. The largest absolute Gasteiger partial charge is 0.343 e. The smallest absolute Gasteiger partial charge is 0.143 e. The lowest BCUT2D eigenvalue weighted by molar-refractivity contribution is 1.18. The highest BCUT2D eigenvalue weighted by atomic mass is 15.0. The summed E-state index contributed by atoms with van der Waals surface area (Å²) in [6, 6.07) is 10.0. The Balaban J connectivity index is 0.000000704. The van der Waals surface area contributed by atoms with Crippen LogP contribution in [0.2, 0.25) is 0 Å². The maximum Gasteiger partial charge on any atom is 0.143 e. The molecule has 0 aliphatic heterocycles. The Bertz CT molecular complexity index is 686. The minimum atomic E-state index is 0.841. The van der Waals surface area contributed by atoms with E-state index in [1.165, 1.54) is 5.56 Å². The molecule has 0 aliphatic rings. The van der Waals surface area contributed by atoms with E-state index in [9.17, 15) is 0 Å². The van der Waals surface area contributed by atoms with Gasteiger partial charge in [-0.05, 0) is 31.5 Å². The van der Waals surface area contributed by atoms with Gasteiger partial charge < -0.3 is 10.3 Å². The van der Waals surface area contributed by atoms with Crippen molar-refractivity contribution in [2.45, 2.75) is 27.7 Å². The van der Waals surface area contributed by atoms with Gasteiger partial charge in [0, 0.05) is 11.4 Å². The van der Waals surface area contributed by atoms with Gasteiger partial charge in [0.1, 0.15) is 17.8 Å². The van der Waals surface area contributed by atoms with Gasteiger partial charge >= 0.3 is 0 Å². The lowest BCUT2D eigenvalue weighted by Gasteiger charge is -2.06. The highest BCUT2D eigenvalue weighted by Gasteiger charge is 2.10. The number of nitrogens with zero attached hydrogens (tertiary/aromatic N) is 2. The van der Waals surface area contributed by atoms with Crippen LogP contribution in [-0.2, 0) is 0 Å². The number of aromatic amines is 1.